The molecular formula is C26H18F4N2O4S. The van der Waals surface area contributed by atoms with Gasteiger partial charge in [-0.3, -0.25) is 9.59 Å². The lowest BCUT2D eigenvalue weighted by Gasteiger charge is -2.32. The van der Waals surface area contributed by atoms with Gasteiger partial charge in [0.25, 0.3) is 0 Å². The van der Waals surface area contributed by atoms with Gasteiger partial charge in [-0.05, 0) is 48.2 Å². The molecule has 1 aromatic heterocycles. The zero-order chi connectivity index (χ0) is 26.3. The van der Waals surface area contributed by atoms with Gasteiger partial charge in [0.1, 0.15) is 11.6 Å². The van der Waals surface area contributed by atoms with Crippen LogP contribution in [0.5, 0.6) is 5.75 Å². The van der Waals surface area contributed by atoms with Crippen LogP contribution in [0.25, 0.3) is 21.3 Å². The number of rotatable bonds is 7. The first-order valence-corrected chi connectivity index (χ1v) is 12.0. The van der Waals surface area contributed by atoms with E-state index in [1.165, 1.54) is 24.3 Å². The van der Waals surface area contributed by atoms with E-state index in [0.717, 1.165) is 17.4 Å². The van der Waals surface area contributed by atoms with Crippen LogP contribution in [0.3, 0.4) is 0 Å². The number of carboxylic acid groups (broad SMARTS) is 1. The van der Waals surface area contributed by atoms with Gasteiger partial charge < -0.3 is 15.2 Å². The number of benzene rings is 3. The summed E-state index contributed by atoms with van der Waals surface area (Å²) in [6.45, 7) is 0. The highest BCUT2D eigenvalue weighted by Gasteiger charge is 2.41. The molecule has 4 aromatic rings. The summed E-state index contributed by atoms with van der Waals surface area (Å²) in [5, 5.41) is 12.3. The minimum Gasteiger partial charge on any atom is -0.481 e. The van der Waals surface area contributed by atoms with E-state index in [-0.39, 0.29) is 17.2 Å². The average molecular weight is 530 g/mol. The molecule has 5 rings (SSSR count). The van der Waals surface area contributed by atoms with Crippen LogP contribution in [-0.4, -0.2) is 28.2 Å². The molecule has 0 unspecified atom stereocenters. The van der Waals surface area contributed by atoms with E-state index >= 15 is 0 Å². The van der Waals surface area contributed by atoms with Crippen molar-refractivity contribution in [1.82, 2.24) is 4.98 Å². The van der Waals surface area contributed by atoms with Crippen LogP contribution >= 0.6 is 11.3 Å². The van der Waals surface area contributed by atoms with Crippen molar-refractivity contribution in [2.24, 2.45) is 11.8 Å². The van der Waals surface area contributed by atoms with E-state index in [2.05, 4.69) is 15.0 Å². The Hall–Kier alpha value is -3.99. The summed E-state index contributed by atoms with van der Waals surface area (Å²) < 4.78 is 56.6. The lowest BCUT2D eigenvalue weighted by Crippen LogP contribution is -2.38. The van der Waals surface area contributed by atoms with E-state index in [0.29, 0.717) is 44.9 Å². The Morgan fingerprint density at radius 1 is 0.973 bits per heavy atom. The number of halogens is 4. The van der Waals surface area contributed by atoms with Gasteiger partial charge in [0, 0.05) is 17.5 Å². The summed E-state index contributed by atoms with van der Waals surface area (Å²) in [6.07, 6.45) is -3.76. The lowest BCUT2D eigenvalue weighted by molar-refractivity contribution is -0.274. The molecule has 6 nitrogen and oxygen atoms in total. The number of Topliss-reactive ketones (excluding diaryl/α,β-unsaturated/α-hetero) is 1. The van der Waals surface area contributed by atoms with Crippen LogP contribution in [-0.2, 0) is 4.79 Å². The van der Waals surface area contributed by atoms with Gasteiger partial charge in [0.15, 0.2) is 10.9 Å². The Morgan fingerprint density at radius 2 is 1.68 bits per heavy atom. The van der Waals surface area contributed by atoms with Crippen LogP contribution < -0.4 is 10.1 Å². The molecule has 1 saturated carbocycles. The largest absolute Gasteiger partial charge is 0.573 e. The number of carbonyl (C=O) groups is 2. The molecule has 0 saturated heterocycles. The highest BCUT2D eigenvalue weighted by molar-refractivity contribution is 7.22. The van der Waals surface area contributed by atoms with Crippen LogP contribution in [0.15, 0.2) is 60.7 Å². The molecule has 3 aromatic carbocycles. The zero-order valence-corrected chi connectivity index (χ0v) is 19.7. The number of hydrogen-bond donors (Lipinski definition) is 2. The summed E-state index contributed by atoms with van der Waals surface area (Å²) in [7, 11) is 0. The molecule has 1 fully saturated rings. The van der Waals surface area contributed by atoms with E-state index in [1.807, 2.05) is 0 Å². The first-order valence-electron chi connectivity index (χ1n) is 11.2. The van der Waals surface area contributed by atoms with Gasteiger partial charge in [-0.15, -0.1) is 13.2 Å². The number of ketones is 1. The SMILES string of the molecule is O=C(O)[C@@H]1CC[C@H]1C(=O)c1ccc(-c2ccc(Nc3nc4ccc(OC(F)(F)F)cc4s3)c(F)c2)cc1. The quantitative estimate of drug-likeness (QED) is 0.197. The summed E-state index contributed by atoms with van der Waals surface area (Å²) in [5.74, 6) is -3.27. The predicted molar refractivity (Wildman–Crippen MR) is 130 cm³/mol. The third kappa shape index (κ3) is 5.26. The Morgan fingerprint density at radius 3 is 2.30 bits per heavy atom. The van der Waals surface area contributed by atoms with Crippen LogP contribution in [0.1, 0.15) is 23.2 Å². The topological polar surface area (TPSA) is 88.5 Å². The fourth-order valence-corrected chi connectivity index (χ4v) is 5.12. The van der Waals surface area contributed by atoms with Crippen molar-refractivity contribution >= 4 is 44.1 Å². The Labute approximate surface area is 211 Å². The maximum Gasteiger partial charge on any atom is 0.573 e. The van der Waals surface area contributed by atoms with Crippen molar-refractivity contribution in [3.63, 3.8) is 0 Å². The smallest absolute Gasteiger partial charge is 0.481 e. The molecule has 0 radical (unpaired) electrons. The summed E-state index contributed by atoms with van der Waals surface area (Å²) >= 11 is 1.05. The van der Waals surface area contributed by atoms with Gasteiger partial charge in [-0.1, -0.05) is 41.7 Å². The lowest BCUT2D eigenvalue weighted by atomic mass is 9.70. The predicted octanol–water partition coefficient (Wildman–Crippen LogP) is 7.04. The number of nitrogens with zero attached hydrogens (tertiary/aromatic N) is 1. The fraction of sp³-hybridized carbons (Fsp3) is 0.192. The summed E-state index contributed by atoms with van der Waals surface area (Å²) in [4.78, 5) is 28.1. The van der Waals surface area contributed by atoms with Crippen molar-refractivity contribution in [2.75, 3.05) is 5.32 Å². The van der Waals surface area contributed by atoms with Crippen molar-refractivity contribution in [3.8, 4) is 16.9 Å². The van der Waals surface area contributed by atoms with Crippen LogP contribution in [0.4, 0.5) is 28.4 Å². The van der Waals surface area contributed by atoms with Crippen LogP contribution in [0.2, 0.25) is 0 Å². The number of anilines is 2. The number of hydrogen-bond acceptors (Lipinski definition) is 6. The van der Waals surface area contributed by atoms with E-state index in [1.54, 1.807) is 30.3 Å². The number of aliphatic carboxylic acids is 1. The molecule has 0 amide bonds. The Balaban J connectivity index is 1.30. The minimum absolute atomic E-state index is 0.131. The molecule has 1 aliphatic rings. The normalized spacial score (nSPS) is 17.3. The van der Waals surface area contributed by atoms with Crippen molar-refractivity contribution in [2.45, 2.75) is 19.2 Å². The van der Waals surface area contributed by atoms with E-state index in [9.17, 15) is 32.3 Å². The zero-order valence-electron chi connectivity index (χ0n) is 18.9. The van der Waals surface area contributed by atoms with Gasteiger partial charge in [0.2, 0.25) is 0 Å². The van der Waals surface area contributed by atoms with Gasteiger partial charge in [0.05, 0.1) is 21.8 Å². The van der Waals surface area contributed by atoms with Crippen molar-refractivity contribution in [3.05, 3.63) is 72.0 Å². The standard InChI is InChI=1S/C26H18F4N2O4S/c27-19-11-15(13-1-3-14(4-2-13)23(33)17-7-8-18(17)24(34)35)5-9-20(19)31-25-32-21-10-6-16(12-22(21)37-25)36-26(28,29)30/h1-6,9-12,17-18H,7-8H2,(H,31,32)(H,34,35)/t17-,18-/m1/s1. The van der Waals surface area contributed by atoms with Crippen molar-refractivity contribution in [1.29, 1.82) is 0 Å². The highest BCUT2D eigenvalue weighted by Crippen LogP contribution is 2.38. The maximum absolute atomic E-state index is 14.9. The van der Waals surface area contributed by atoms with Gasteiger partial charge in [-0.2, -0.15) is 0 Å². The molecule has 1 aliphatic carbocycles. The molecule has 1 heterocycles. The molecule has 0 bridgehead atoms. The fourth-order valence-electron chi connectivity index (χ4n) is 4.22. The van der Waals surface area contributed by atoms with Crippen LogP contribution in [0, 0.1) is 17.7 Å². The van der Waals surface area contributed by atoms with Gasteiger partial charge in [-0.25, -0.2) is 9.37 Å². The monoisotopic (exact) mass is 530 g/mol. The average Bonchev–Trinajstić information content (AvgIpc) is 3.20. The van der Waals surface area contributed by atoms with Crippen molar-refractivity contribution < 1.29 is 37.0 Å². The summed E-state index contributed by atoms with van der Waals surface area (Å²) in [6, 6.07) is 14.8. The third-order valence-corrected chi connectivity index (χ3v) is 7.17. The number of thiazole rings is 1. The molecule has 0 aliphatic heterocycles. The number of aromatic nitrogens is 1. The molecular weight excluding hydrogens is 512 g/mol. The second-order valence-electron chi connectivity index (χ2n) is 8.59. The maximum atomic E-state index is 14.9. The second-order valence-corrected chi connectivity index (χ2v) is 9.62. The molecule has 37 heavy (non-hydrogen) atoms. The Bertz CT molecular complexity index is 1500. The molecule has 0 spiro atoms. The number of alkyl halides is 3. The van der Waals surface area contributed by atoms with E-state index in [4.69, 9.17) is 0 Å². The number of ether oxygens (including phenoxy) is 1. The number of carbonyl (C=O) groups excluding carboxylic acids is 1. The molecule has 2 N–H and O–H groups in total. The number of carboxylic acids is 1. The second kappa shape index (κ2) is 9.47. The summed E-state index contributed by atoms with van der Waals surface area (Å²) in [5.41, 5.74) is 2.21. The number of fused-ring (bicyclic) bond motifs is 1. The first kappa shape index (κ1) is 24.7. The molecule has 11 heteroatoms. The first-order chi connectivity index (χ1) is 17.6. The number of nitrogens with one attached hydrogen (secondary N) is 1. The van der Waals surface area contributed by atoms with Gasteiger partial charge >= 0.3 is 12.3 Å². The highest BCUT2D eigenvalue weighted by atomic mass is 32.1. The van der Waals surface area contributed by atoms with E-state index < -0.39 is 30.0 Å². The molecule has 2 atom stereocenters. The molecule has 190 valence electrons. The third-order valence-electron chi connectivity index (χ3n) is 6.24. The Kier molecular flexibility index (Phi) is 6.32. The minimum atomic E-state index is -4.81.